The second-order valence-corrected chi connectivity index (χ2v) is 4.97. The van der Waals surface area contributed by atoms with Crippen LogP contribution in [0.1, 0.15) is 36.1 Å². The molecule has 0 spiro atoms. The summed E-state index contributed by atoms with van der Waals surface area (Å²) < 4.78 is 0. The van der Waals surface area contributed by atoms with Crippen LogP contribution >= 0.6 is 0 Å². The number of carbonyl (C=O) groups is 1. The summed E-state index contributed by atoms with van der Waals surface area (Å²) in [6.45, 7) is 2.63. The number of rotatable bonds is 9. The molecule has 0 aromatic carbocycles. The molecule has 0 saturated carbocycles. The molecule has 0 radical (unpaired) electrons. The molecular formula is C14H23N3O4. The Kier molecular flexibility index (Phi) is 7.07. The van der Waals surface area contributed by atoms with E-state index in [1.807, 2.05) is 0 Å². The number of aromatic hydroxyl groups is 1. The fourth-order valence-corrected chi connectivity index (χ4v) is 1.97. The first kappa shape index (κ1) is 17.4. The van der Waals surface area contributed by atoms with Crippen molar-refractivity contribution in [3.8, 4) is 5.75 Å². The predicted octanol–water partition coefficient (Wildman–Crippen LogP) is 0.260. The molecular weight excluding hydrogens is 274 g/mol. The van der Waals surface area contributed by atoms with Crippen LogP contribution in [0.15, 0.2) is 6.20 Å². The van der Waals surface area contributed by atoms with Gasteiger partial charge in [-0.15, -0.1) is 0 Å². The number of aromatic nitrogens is 1. The standard InChI is InChI=1S/C14H23N3O4/c1-9-13(19)11(10(8-18)6-17-9)7-16-5-3-2-4-12(15)14(20)21/h6,12,16,18-19H,2-5,7-8,15H2,1H3,(H,20,21)/t12-/m0/s1. The van der Waals surface area contributed by atoms with Crippen molar-refractivity contribution in [2.24, 2.45) is 5.73 Å². The van der Waals surface area contributed by atoms with Gasteiger partial charge in [0.25, 0.3) is 0 Å². The number of nitrogens with zero attached hydrogens (tertiary/aromatic N) is 1. The number of nitrogens with one attached hydrogen (secondary N) is 1. The molecule has 118 valence electrons. The van der Waals surface area contributed by atoms with Gasteiger partial charge in [-0.3, -0.25) is 9.78 Å². The van der Waals surface area contributed by atoms with E-state index >= 15 is 0 Å². The van der Waals surface area contributed by atoms with Crippen molar-refractivity contribution in [3.05, 3.63) is 23.0 Å². The van der Waals surface area contributed by atoms with Crippen LogP contribution in [0, 0.1) is 6.92 Å². The summed E-state index contributed by atoms with van der Waals surface area (Å²) in [6, 6.07) is -0.808. The second-order valence-electron chi connectivity index (χ2n) is 4.97. The van der Waals surface area contributed by atoms with Gasteiger partial charge in [0.1, 0.15) is 11.8 Å². The van der Waals surface area contributed by atoms with E-state index in [4.69, 9.17) is 10.8 Å². The third kappa shape index (κ3) is 5.30. The Labute approximate surface area is 123 Å². The molecule has 0 saturated heterocycles. The Morgan fingerprint density at radius 3 is 2.81 bits per heavy atom. The number of aliphatic hydroxyl groups is 1. The first-order valence-corrected chi connectivity index (χ1v) is 6.93. The smallest absolute Gasteiger partial charge is 0.320 e. The molecule has 1 aromatic heterocycles. The lowest BCUT2D eigenvalue weighted by Crippen LogP contribution is -2.30. The number of carboxylic acid groups (broad SMARTS) is 1. The van der Waals surface area contributed by atoms with Crippen molar-refractivity contribution in [3.63, 3.8) is 0 Å². The lowest BCUT2D eigenvalue weighted by atomic mass is 10.1. The number of aliphatic carboxylic acids is 1. The van der Waals surface area contributed by atoms with E-state index in [-0.39, 0.29) is 12.4 Å². The number of carboxylic acids is 1. The Hall–Kier alpha value is -1.70. The van der Waals surface area contributed by atoms with Gasteiger partial charge in [-0.1, -0.05) is 6.42 Å². The maximum Gasteiger partial charge on any atom is 0.320 e. The summed E-state index contributed by atoms with van der Waals surface area (Å²) in [4.78, 5) is 14.5. The molecule has 1 rings (SSSR count). The number of unbranched alkanes of at least 4 members (excludes halogenated alkanes) is 1. The number of pyridine rings is 1. The Morgan fingerprint density at radius 2 is 2.19 bits per heavy atom. The Morgan fingerprint density at radius 1 is 1.48 bits per heavy atom. The van der Waals surface area contributed by atoms with Crippen LogP contribution in [0.5, 0.6) is 5.75 Å². The lowest BCUT2D eigenvalue weighted by molar-refractivity contribution is -0.138. The molecule has 0 aliphatic heterocycles. The van der Waals surface area contributed by atoms with Crippen molar-refractivity contribution in [2.45, 2.75) is 45.4 Å². The van der Waals surface area contributed by atoms with Crippen molar-refractivity contribution in [1.29, 1.82) is 0 Å². The normalized spacial score (nSPS) is 12.3. The van der Waals surface area contributed by atoms with Gasteiger partial charge >= 0.3 is 5.97 Å². The van der Waals surface area contributed by atoms with Crippen LogP contribution in [0.2, 0.25) is 0 Å². The average Bonchev–Trinajstić information content (AvgIpc) is 2.46. The zero-order chi connectivity index (χ0) is 15.8. The van der Waals surface area contributed by atoms with Gasteiger partial charge in [0.05, 0.1) is 12.3 Å². The molecule has 7 nitrogen and oxygen atoms in total. The molecule has 6 N–H and O–H groups in total. The van der Waals surface area contributed by atoms with Gasteiger partial charge < -0.3 is 26.4 Å². The summed E-state index contributed by atoms with van der Waals surface area (Å²) in [5, 5.41) is 31.0. The van der Waals surface area contributed by atoms with Gasteiger partial charge in [-0.05, 0) is 26.3 Å². The molecule has 21 heavy (non-hydrogen) atoms. The largest absolute Gasteiger partial charge is 0.506 e. The first-order valence-electron chi connectivity index (χ1n) is 6.93. The number of nitrogens with two attached hydrogens (primary N) is 1. The first-order chi connectivity index (χ1) is 9.97. The van der Waals surface area contributed by atoms with E-state index in [0.29, 0.717) is 42.8 Å². The summed E-state index contributed by atoms with van der Waals surface area (Å²) in [5.41, 5.74) is 7.17. The lowest BCUT2D eigenvalue weighted by Gasteiger charge is -2.12. The number of aryl methyl sites for hydroxylation is 1. The molecule has 1 atom stereocenters. The van der Waals surface area contributed by atoms with Crippen LogP contribution in [0.25, 0.3) is 0 Å². The topological polar surface area (TPSA) is 129 Å². The van der Waals surface area contributed by atoms with E-state index in [2.05, 4.69) is 10.3 Å². The third-order valence-electron chi connectivity index (χ3n) is 3.34. The molecule has 1 aromatic rings. The van der Waals surface area contributed by atoms with Gasteiger partial charge in [0.15, 0.2) is 0 Å². The highest BCUT2D eigenvalue weighted by Crippen LogP contribution is 2.23. The second kappa shape index (κ2) is 8.56. The highest BCUT2D eigenvalue weighted by atomic mass is 16.4. The molecule has 0 bridgehead atoms. The highest BCUT2D eigenvalue weighted by Gasteiger charge is 2.11. The van der Waals surface area contributed by atoms with Crippen LogP contribution in [0.3, 0.4) is 0 Å². The zero-order valence-corrected chi connectivity index (χ0v) is 12.2. The van der Waals surface area contributed by atoms with Crippen LogP contribution in [-0.2, 0) is 17.9 Å². The van der Waals surface area contributed by atoms with E-state index < -0.39 is 12.0 Å². The quantitative estimate of drug-likeness (QED) is 0.413. The van der Waals surface area contributed by atoms with E-state index in [1.54, 1.807) is 13.1 Å². The molecule has 0 unspecified atom stereocenters. The van der Waals surface area contributed by atoms with Crippen LogP contribution in [0.4, 0.5) is 0 Å². The van der Waals surface area contributed by atoms with Gasteiger partial charge in [-0.25, -0.2) is 0 Å². The van der Waals surface area contributed by atoms with Gasteiger partial charge in [-0.2, -0.15) is 0 Å². The summed E-state index contributed by atoms with van der Waals surface area (Å²) >= 11 is 0. The van der Waals surface area contributed by atoms with Gasteiger partial charge in [0, 0.05) is 23.9 Å². The average molecular weight is 297 g/mol. The third-order valence-corrected chi connectivity index (χ3v) is 3.34. The SMILES string of the molecule is Cc1ncc(CO)c(CNCCCC[C@H](N)C(=O)O)c1O. The monoisotopic (exact) mass is 297 g/mol. The zero-order valence-electron chi connectivity index (χ0n) is 12.2. The van der Waals surface area contributed by atoms with Crippen molar-refractivity contribution >= 4 is 5.97 Å². The van der Waals surface area contributed by atoms with Crippen LogP contribution in [-0.4, -0.2) is 38.9 Å². The van der Waals surface area contributed by atoms with Crippen molar-refractivity contribution in [2.75, 3.05) is 6.54 Å². The fraction of sp³-hybridized carbons (Fsp3) is 0.571. The molecule has 7 heteroatoms. The minimum atomic E-state index is -0.979. The minimum absolute atomic E-state index is 0.0990. The van der Waals surface area contributed by atoms with E-state index in [1.165, 1.54) is 0 Å². The minimum Gasteiger partial charge on any atom is -0.506 e. The van der Waals surface area contributed by atoms with Gasteiger partial charge in [0.2, 0.25) is 0 Å². The maximum atomic E-state index is 10.5. The predicted molar refractivity (Wildman–Crippen MR) is 77.7 cm³/mol. The van der Waals surface area contributed by atoms with Crippen LogP contribution < -0.4 is 11.1 Å². The van der Waals surface area contributed by atoms with Crippen molar-refractivity contribution in [1.82, 2.24) is 10.3 Å². The number of hydrogen-bond acceptors (Lipinski definition) is 6. The summed E-state index contributed by atoms with van der Waals surface area (Å²) in [5.74, 6) is -0.880. The Balaban J connectivity index is 2.36. The Bertz CT molecular complexity index is 480. The molecule has 0 fully saturated rings. The molecule has 0 aliphatic rings. The number of hydrogen-bond donors (Lipinski definition) is 5. The van der Waals surface area contributed by atoms with E-state index in [9.17, 15) is 15.0 Å². The fourth-order valence-electron chi connectivity index (χ4n) is 1.97. The number of aliphatic hydroxyl groups excluding tert-OH is 1. The summed E-state index contributed by atoms with van der Waals surface area (Å²) in [7, 11) is 0. The van der Waals surface area contributed by atoms with Crippen molar-refractivity contribution < 1.29 is 20.1 Å². The maximum absolute atomic E-state index is 10.5. The molecule has 0 aliphatic carbocycles. The molecule has 1 heterocycles. The highest BCUT2D eigenvalue weighted by molar-refractivity contribution is 5.72. The van der Waals surface area contributed by atoms with E-state index in [0.717, 1.165) is 6.42 Å². The summed E-state index contributed by atoms with van der Waals surface area (Å²) in [6.07, 6.45) is 3.51. The molecule has 0 amide bonds.